The predicted molar refractivity (Wildman–Crippen MR) is 38.5 cm³/mol. The van der Waals surface area contributed by atoms with Gasteiger partial charge in [-0.05, 0) is 19.1 Å². The number of carbonyl (C=O) groups excluding carboxylic acids is 1. The Kier molecular flexibility index (Phi) is 1.94. The highest BCUT2D eigenvalue weighted by Crippen LogP contribution is 2.47. The van der Waals surface area contributed by atoms with Crippen molar-refractivity contribution in [1.29, 1.82) is 0 Å². The van der Waals surface area contributed by atoms with Crippen LogP contribution in [0, 0.1) is 0 Å². The van der Waals surface area contributed by atoms with Crippen LogP contribution in [0.15, 0.2) is 4.99 Å². The maximum absolute atomic E-state index is 9.69. The van der Waals surface area contributed by atoms with Crippen molar-refractivity contribution < 1.29 is 4.79 Å². The molecule has 1 fully saturated rings. The fourth-order valence-electron chi connectivity index (χ4n) is 0.743. The van der Waals surface area contributed by atoms with E-state index in [1.165, 1.54) is 12.8 Å². The highest BCUT2D eigenvalue weighted by Gasteiger charge is 2.41. The van der Waals surface area contributed by atoms with E-state index in [0.29, 0.717) is 11.3 Å². The molecule has 0 amide bonds. The fourth-order valence-corrected chi connectivity index (χ4v) is 1.45. The maximum atomic E-state index is 9.69. The third-order valence-electron chi connectivity index (χ3n) is 1.67. The van der Waals surface area contributed by atoms with E-state index in [4.69, 9.17) is 0 Å². The van der Waals surface area contributed by atoms with Crippen LogP contribution in [0.1, 0.15) is 12.8 Å². The summed E-state index contributed by atoms with van der Waals surface area (Å²) in [6, 6.07) is 0. The lowest BCUT2D eigenvalue weighted by Gasteiger charge is -2.03. The Hall–Kier alpha value is -0.270. The Morgan fingerprint density at radius 1 is 1.78 bits per heavy atom. The van der Waals surface area contributed by atoms with Crippen LogP contribution in [0.2, 0.25) is 0 Å². The van der Waals surface area contributed by atoms with Crippen molar-refractivity contribution >= 4 is 17.8 Å². The average Bonchev–Trinajstić information content (AvgIpc) is 2.65. The van der Waals surface area contributed by atoms with Crippen molar-refractivity contribution in [3.8, 4) is 0 Å². The van der Waals surface area contributed by atoms with Gasteiger partial charge in [0.2, 0.25) is 6.08 Å². The predicted octanol–water partition coefficient (Wildman–Crippen LogP) is 1.22. The van der Waals surface area contributed by atoms with Crippen LogP contribution in [0.25, 0.3) is 0 Å². The van der Waals surface area contributed by atoms with Gasteiger partial charge in [-0.3, -0.25) is 0 Å². The third-order valence-corrected chi connectivity index (χ3v) is 3.08. The smallest absolute Gasteiger partial charge is 0.211 e. The Morgan fingerprint density at radius 2 is 2.44 bits per heavy atom. The second-order valence-electron chi connectivity index (χ2n) is 2.29. The van der Waals surface area contributed by atoms with Gasteiger partial charge >= 0.3 is 0 Å². The van der Waals surface area contributed by atoms with Crippen molar-refractivity contribution in [1.82, 2.24) is 0 Å². The minimum Gasteiger partial charge on any atom is -0.211 e. The van der Waals surface area contributed by atoms with Crippen LogP contribution in [0.5, 0.6) is 0 Å². The van der Waals surface area contributed by atoms with Gasteiger partial charge in [0.25, 0.3) is 0 Å². The molecule has 1 rings (SSSR count). The second kappa shape index (κ2) is 2.54. The van der Waals surface area contributed by atoms with Crippen LogP contribution >= 0.6 is 11.8 Å². The lowest BCUT2D eigenvalue weighted by Crippen LogP contribution is -2.05. The molecular weight excluding hydrogens is 134 g/mol. The van der Waals surface area contributed by atoms with Gasteiger partial charge in [0.15, 0.2) is 0 Å². The Labute approximate surface area is 58.7 Å². The molecule has 50 valence electrons. The summed E-state index contributed by atoms with van der Waals surface area (Å²) in [4.78, 5) is 13.2. The first kappa shape index (κ1) is 6.84. The van der Waals surface area contributed by atoms with Gasteiger partial charge in [-0.2, -0.15) is 11.8 Å². The molecule has 0 saturated heterocycles. The number of hydrogen-bond acceptors (Lipinski definition) is 3. The van der Waals surface area contributed by atoms with Crippen LogP contribution in [-0.2, 0) is 4.79 Å². The van der Waals surface area contributed by atoms with Gasteiger partial charge in [0.05, 0.1) is 6.54 Å². The minimum absolute atomic E-state index is 0.331. The summed E-state index contributed by atoms with van der Waals surface area (Å²) in [5.74, 6) is 0. The van der Waals surface area contributed by atoms with Gasteiger partial charge in [-0.1, -0.05) is 0 Å². The van der Waals surface area contributed by atoms with Crippen molar-refractivity contribution in [2.24, 2.45) is 4.99 Å². The first-order chi connectivity index (χ1) is 4.33. The van der Waals surface area contributed by atoms with E-state index in [-0.39, 0.29) is 0 Å². The molecule has 1 aliphatic carbocycles. The number of hydrogen-bond donors (Lipinski definition) is 0. The van der Waals surface area contributed by atoms with Gasteiger partial charge in [-0.15, -0.1) is 0 Å². The highest BCUT2D eigenvalue weighted by molar-refractivity contribution is 8.00. The summed E-state index contributed by atoms with van der Waals surface area (Å²) in [5, 5.41) is 0. The Bertz CT molecular complexity index is 147. The normalized spacial score (nSPS) is 20.6. The van der Waals surface area contributed by atoms with E-state index in [0.717, 1.165) is 0 Å². The van der Waals surface area contributed by atoms with E-state index in [2.05, 4.69) is 11.2 Å². The number of aliphatic imine (C=N–C) groups is 1. The van der Waals surface area contributed by atoms with Gasteiger partial charge in [-0.25, -0.2) is 9.79 Å². The zero-order valence-electron chi connectivity index (χ0n) is 5.39. The number of isocyanates is 1. The summed E-state index contributed by atoms with van der Waals surface area (Å²) in [7, 11) is 0. The molecule has 0 aromatic rings. The second-order valence-corrected chi connectivity index (χ2v) is 3.57. The lowest BCUT2D eigenvalue weighted by atomic mass is 10.4. The number of thioether (sulfide) groups is 1. The SMILES string of the molecule is CSC1(CN=C=O)CC1. The maximum Gasteiger partial charge on any atom is 0.234 e. The van der Waals surface area contributed by atoms with Crippen molar-refractivity contribution in [3.05, 3.63) is 0 Å². The summed E-state index contributed by atoms with van der Waals surface area (Å²) < 4.78 is 0.331. The van der Waals surface area contributed by atoms with E-state index in [1.54, 1.807) is 17.8 Å². The van der Waals surface area contributed by atoms with E-state index < -0.39 is 0 Å². The third kappa shape index (κ3) is 1.57. The van der Waals surface area contributed by atoms with Crippen LogP contribution in [0.3, 0.4) is 0 Å². The molecule has 0 heterocycles. The Balaban J connectivity index is 2.33. The molecule has 0 radical (unpaired) electrons. The molecule has 0 aromatic carbocycles. The zero-order valence-corrected chi connectivity index (χ0v) is 6.20. The molecule has 0 bridgehead atoms. The number of rotatable bonds is 3. The van der Waals surface area contributed by atoms with Gasteiger partial charge < -0.3 is 0 Å². The topological polar surface area (TPSA) is 29.4 Å². The molecule has 0 aliphatic heterocycles. The summed E-state index contributed by atoms with van der Waals surface area (Å²) in [5.41, 5.74) is 0. The summed E-state index contributed by atoms with van der Waals surface area (Å²) in [6.45, 7) is 0.664. The van der Waals surface area contributed by atoms with Crippen molar-refractivity contribution in [2.45, 2.75) is 17.6 Å². The molecule has 2 nitrogen and oxygen atoms in total. The van der Waals surface area contributed by atoms with Crippen molar-refractivity contribution in [2.75, 3.05) is 12.8 Å². The van der Waals surface area contributed by atoms with Crippen LogP contribution in [-0.4, -0.2) is 23.6 Å². The molecule has 1 aliphatic rings. The fraction of sp³-hybridized carbons (Fsp3) is 0.833. The molecule has 0 N–H and O–H groups in total. The quantitative estimate of drug-likeness (QED) is 0.439. The Morgan fingerprint density at radius 3 is 2.78 bits per heavy atom. The number of nitrogens with zero attached hydrogens (tertiary/aromatic N) is 1. The summed E-state index contributed by atoms with van der Waals surface area (Å²) >= 11 is 1.81. The van der Waals surface area contributed by atoms with Crippen LogP contribution in [0.4, 0.5) is 0 Å². The first-order valence-corrected chi connectivity index (χ1v) is 4.14. The van der Waals surface area contributed by atoms with E-state index in [1.807, 2.05) is 0 Å². The first-order valence-electron chi connectivity index (χ1n) is 2.92. The minimum atomic E-state index is 0.331. The standard InChI is InChI=1S/C6H9NOS/c1-9-6(2-3-6)4-7-5-8/h2-4H2,1H3. The molecule has 0 atom stereocenters. The lowest BCUT2D eigenvalue weighted by molar-refractivity contribution is 0.562. The molecule has 1 saturated carbocycles. The van der Waals surface area contributed by atoms with E-state index >= 15 is 0 Å². The molecule has 0 unspecified atom stereocenters. The zero-order chi connectivity index (χ0) is 6.74. The van der Waals surface area contributed by atoms with E-state index in [9.17, 15) is 4.79 Å². The largest absolute Gasteiger partial charge is 0.234 e. The highest BCUT2D eigenvalue weighted by atomic mass is 32.2. The summed E-state index contributed by atoms with van der Waals surface area (Å²) in [6.07, 6.45) is 6.04. The molecule has 9 heavy (non-hydrogen) atoms. The van der Waals surface area contributed by atoms with Gasteiger partial charge in [0, 0.05) is 4.75 Å². The molecular formula is C6H9NOS. The average molecular weight is 143 g/mol. The molecule has 0 aromatic heterocycles. The monoisotopic (exact) mass is 143 g/mol. The van der Waals surface area contributed by atoms with Gasteiger partial charge in [0.1, 0.15) is 0 Å². The molecule has 3 heteroatoms. The van der Waals surface area contributed by atoms with Crippen LogP contribution < -0.4 is 0 Å². The molecule has 0 spiro atoms. The van der Waals surface area contributed by atoms with Crippen molar-refractivity contribution in [3.63, 3.8) is 0 Å².